The van der Waals surface area contributed by atoms with Crippen molar-refractivity contribution in [2.24, 2.45) is 0 Å². The van der Waals surface area contributed by atoms with E-state index in [1.54, 1.807) is 36.4 Å². The summed E-state index contributed by atoms with van der Waals surface area (Å²) in [6, 6.07) is 11.9. The summed E-state index contributed by atoms with van der Waals surface area (Å²) in [5.41, 5.74) is 1.29. The maximum Gasteiger partial charge on any atom is 0.407 e. The van der Waals surface area contributed by atoms with Gasteiger partial charge in [0.1, 0.15) is 5.60 Å². The first-order valence-electron chi connectivity index (χ1n) is 12.1. The molecular weight excluding hydrogens is 582 g/mol. The van der Waals surface area contributed by atoms with Crippen LogP contribution in [-0.4, -0.2) is 60.1 Å². The molecule has 1 fully saturated rings. The number of sulfonamides is 1. The van der Waals surface area contributed by atoms with Crippen LogP contribution in [0.2, 0.25) is 5.02 Å². The van der Waals surface area contributed by atoms with Gasteiger partial charge in [0.25, 0.3) is 5.91 Å². The summed E-state index contributed by atoms with van der Waals surface area (Å²) in [5.74, 6) is -0.802. The largest absolute Gasteiger partial charge is 0.444 e. The van der Waals surface area contributed by atoms with Crippen molar-refractivity contribution in [3.05, 3.63) is 68.7 Å². The minimum absolute atomic E-state index is 0.00576. The Bertz CT molecular complexity index is 1250. The Kier molecular flexibility index (Phi) is 9.66. The lowest BCUT2D eigenvalue weighted by atomic mass is 10.1. The lowest BCUT2D eigenvalue weighted by Gasteiger charge is -2.23. The predicted octanol–water partition coefficient (Wildman–Crippen LogP) is 5.19. The minimum atomic E-state index is -3.82. The SMILES string of the molecule is CCS(=O)(=O)N(Cc1cccc(Cl)c1)C(=O)c1ccc(CN2CCC(NC(=O)OC(C)(C)C)C2)c(Br)c1. The summed E-state index contributed by atoms with van der Waals surface area (Å²) >= 11 is 9.60. The van der Waals surface area contributed by atoms with Crippen molar-refractivity contribution in [2.75, 3.05) is 18.8 Å². The van der Waals surface area contributed by atoms with Gasteiger partial charge in [0.15, 0.2) is 0 Å². The second-order valence-corrected chi connectivity index (χ2v) is 13.5. The van der Waals surface area contributed by atoms with Crippen LogP contribution in [0.4, 0.5) is 4.79 Å². The van der Waals surface area contributed by atoms with Crippen molar-refractivity contribution in [2.45, 2.75) is 58.8 Å². The molecule has 0 bridgehead atoms. The lowest BCUT2D eigenvalue weighted by molar-refractivity contribution is 0.0505. The number of hydrogen-bond donors (Lipinski definition) is 1. The summed E-state index contributed by atoms with van der Waals surface area (Å²) in [4.78, 5) is 27.6. The summed E-state index contributed by atoms with van der Waals surface area (Å²) in [7, 11) is -3.82. The molecule has 0 saturated carbocycles. The Labute approximate surface area is 232 Å². The number of nitrogens with zero attached hydrogens (tertiary/aromatic N) is 2. The molecule has 0 radical (unpaired) electrons. The first kappa shape index (κ1) is 29.4. The van der Waals surface area contributed by atoms with Crippen LogP contribution in [0.15, 0.2) is 46.9 Å². The third kappa shape index (κ3) is 8.43. The van der Waals surface area contributed by atoms with E-state index in [1.807, 2.05) is 26.8 Å². The zero-order valence-electron chi connectivity index (χ0n) is 21.5. The van der Waals surface area contributed by atoms with Gasteiger partial charge in [-0.3, -0.25) is 9.69 Å². The van der Waals surface area contributed by atoms with E-state index in [0.717, 1.165) is 22.8 Å². The van der Waals surface area contributed by atoms with Crippen LogP contribution in [0.3, 0.4) is 0 Å². The molecule has 202 valence electrons. The van der Waals surface area contributed by atoms with Gasteiger partial charge in [0, 0.05) is 40.7 Å². The molecule has 1 aliphatic heterocycles. The highest BCUT2D eigenvalue weighted by Gasteiger charge is 2.29. The Morgan fingerprint density at radius 2 is 1.95 bits per heavy atom. The molecule has 1 heterocycles. The zero-order valence-corrected chi connectivity index (χ0v) is 24.6. The van der Waals surface area contributed by atoms with Crippen LogP contribution < -0.4 is 5.32 Å². The fourth-order valence-corrected chi connectivity index (χ4v) is 5.75. The van der Waals surface area contributed by atoms with Crippen molar-refractivity contribution in [3.8, 4) is 0 Å². The molecule has 1 N–H and O–H groups in total. The molecule has 2 aromatic rings. The quantitative estimate of drug-likeness (QED) is 0.440. The van der Waals surface area contributed by atoms with E-state index in [4.69, 9.17) is 16.3 Å². The van der Waals surface area contributed by atoms with Crippen LogP contribution in [0, 0.1) is 0 Å². The molecule has 2 aromatic carbocycles. The number of hydrogen-bond acceptors (Lipinski definition) is 6. The van der Waals surface area contributed by atoms with E-state index in [1.165, 1.54) is 6.92 Å². The molecule has 0 aromatic heterocycles. The van der Waals surface area contributed by atoms with Crippen molar-refractivity contribution in [3.63, 3.8) is 0 Å². The minimum Gasteiger partial charge on any atom is -0.444 e. The average molecular weight is 615 g/mol. The van der Waals surface area contributed by atoms with Crippen LogP contribution in [0.25, 0.3) is 0 Å². The Morgan fingerprint density at radius 1 is 1.22 bits per heavy atom. The lowest BCUT2D eigenvalue weighted by Crippen LogP contribution is -2.40. The van der Waals surface area contributed by atoms with E-state index in [-0.39, 0.29) is 23.9 Å². The monoisotopic (exact) mass is 613 g/mol. The third-order valence-electron chi connectivity index (χ3n) is 5.83. The van der Waals surface area contributed by atoms with Gasteiger partial charge in [0.05, 0.1) is 12.3 Å². The summed E-state index contributed by atoms with van der Waals surface area (Å²) in [6.45, 7) is 8.97. The van der Waals surface area contributed by atoms with E-state index in [9.17, 15) is 18.0 Å². The third-order valence-corrected chi connectivity index (χ3v) is 8.50. The van der Waals surface area contributed by atoms with E-state index >= 15 is 0 Å². The summed E-state index contributed by atoms with van der Waals surface area (Å²) < 4.78 is 32.5. The molecule has 2 amide bonds. The second-order valence-electron chi connectivity index (χ2n) is 10.0. The Balaban J connectivity index is 1.69. The standard InChI is InChI=1S/C26H33BrClN3O5S/c1-5-37(34,35)31(15-18-7-6-8-21(28)13-18)24(32)19-9-10-20(23(27)14-19)16-30-12-11-22(17-30)29-25(33)36-26(2,3)4/h6-10,13-14,22H,5,11-12,15-17H2,1-4H3,(H,29,33). The van der Waals surface area contributed by atoms with Gasteiger partial charge in [0.2, 0.25) is 10.0 Å². The summed E-state index contributed by atoms with van der Waals surface area (Å²) in [6.07, 6.45) is 0.383. The number of carbonyl (C=O) groups is 2. The number of amides is 2. The number of nitrogens with one attached hydrogen (secondary N) is 1. The van der Waals surface area contributed by atoms with Crippen LogP contribution >= 0.6 is 27.5 Å². The van der Waals surface area contributed by atoms with Gasteiger partial charge < -0.3 is 10.1 Å². The van der Waals surface area contributed by atoms with E-state index in [0.29, 0.717) is 28.1 Å². The molecule has 0 aliphatic carbocycles. The van der Waals surface area contributed by atoms with Gasteiger partial charge in [-0.05, 0) is 69.5 Å². The molecule has 37 heavy (non-hydrogen) atoms. The maximum atomic E-state index is 13.3. The van der Waals surface area contributed by atoms with Gasteiger partial charge in [-0.1, -0.05) is 45.7 Å². The van der Waals surface area contributed by atoms with E-state index in [2.05, 4.69) is 26.1 Å². The number of likely N-dealkylation sites (tertiary alicyclic amines) is 1. The predicted molar refractivity (Wildman–Crippen MR) is 148 cm³/mol. The van der Waals surface area contributed by atoms with Gasteiger partial charge in [-0.15, -0.1) is 0 Å². The molecule has 11 heteroatoms. The Hall–Kier alpha value is -2.14. The number of carbonyl (C=O) groups excluding carboxylic acids is 2. The highest BCUT2D eigenvalue weighted by molar-refractivity contribution is 9.10. The number of benzene rings is 2. The Morgan fingerprint density at radius 3 is 2.57 bits per heavy atom. The molecule has 3 rings (SSSR count). The fourth-order valence-electron chi connectivity index (χ4n) is 4.02. The topological polar surface area (TPSA) is 96.0 Å². The van der Waals surface area contributed by atoms with Crippen LogP contribution in [0.5, 0.6) is 0 Å². The van der Waals surface area contributed by atoms with Crippen molar-refractivity contribution >= 4 is 49.6 Å². The molecule has 1 unspecified atom stereocenters. The van der Waals surface area contributed by atoms with Crippen molar-refractivity contribution in [1.29, 1.82) is 0 Å². The number of halogens is 2. The van der Waals surface area contributed by atoms with Crippen LogP contribution in [0.1, 0.15) is 55.6 Å². The van der Waals surface area contributed by atoms with Crippen molar-refractivity contribution < 1.29 is 22.7 Å². The first-order chi connectivity index (χ1) is 17.3. The number of rotatable bonds is 8. The molecule has 1 atom stereocenters. The zero-order chi connectivity index (χ0) is 27.4. The van der Waals surface area contributed by atoms with Gasteiger partial charge in [-0.25, -0.2) is 17.5 Å². The smallest absolute Gasteiger partial charge is 0.407 e. The first-order valence-corrected chi connectivity index (χ1v) is 14.8. The highest BCUT2D eigenvalue weighted by Crippen LogP contribution is 2.25. The normalized spacial score (nSPS) is 16.4. The fraction of sp³-hybridized carbons (Fsp3) is 0.462. The molecular formula is C26H33BrClN3O5S. The van der Waals surface area contributed by atoms with Crippen LogP contribution in [-0.2, 0) is 27.8 Å². The number of ether oxygens (including phenoxy) is 1. The maximum absolute atomic E-state index is 13.3. The average Bonchev–Trinajstić information content (AvgIpc) is 3.23. The molecule has 1 aliphatic rings. The van der Waals surface area contributed by atoms with Gasteiger partial charge in [-0.2, -0.15) is 0 Å². The highest BCUT2D eigenvalue weighted by atomic mass is 79.9. The molecule has 1 saturated heterocycles. The summed E-state index contributed by atoms with van der Waals surface area (Å²) in [5, 5.41) is 3.38. The van der Waals surface area contributed by atoms with E-state index < -0.39 is 27.6 Å². The second kappa shape index (κ2) is 12.1. The number of alkyl carbamates (subject to hydrolysis) is 1. The molecule has 0 spiro atoms. The molecule has 8 nitrogen and oxygen atoms in total. The van der Waals surface area contributed by atoms with Gasteiger partial charge >= 0.3 is 6.09 Å². The van der Waals surface area contributed by atoms with Crippen molar-refractivity contribution in [1.82, 2.24) is 14.5 Å².